The van der Waals surface area contributed by atoms with E-state index in [9.17, 15) is 0 Å². The molecule has 0 aliphatic heterocycles. The molecule has 0 unspecified atom stereocenters. The van der Waals surface area contributed by atoms with Crippen LogP contribution >= 0.6 is 0 Å². The van der Waals surface area contributed by atoms with Crippen molar-refractivity contribution < 1.29 is 8.83 Å². The highest BCUT2D eigenvalue weighted by Crippen LogP contribution is 2.40. The summed E-state index contributed by atoms with van der Waals surface area (Å²) in [6.45, 7) is 0. The minimum Gasteiger partial charge on any atom is -0.456 e. The molecule has 0 fully saturated rings. The molecule has 6 nitrogen and oxygen atoms in total. The maximum Gasteiger partial charge on any atom is 0.164 e. The number of benzene rings is 9. The zero-order chi connectivity index (χ0) is 42.1. The summed E-state index contributed by atoms with van der Waals surface area (Å²) in [5.41, 5.74) is 12.2. The summed E-state index contributed by atoms with van der Waals surface area (Å²) in [4.78, 5) is 20.1. The number of furan rings is 2. The highest BCUT2D eigenvalue weighted by atomic mass is 16.3. The Kier molecular flexibility index (Phi) is 8.11. The number of aromatic nitrogens is 4. The van der Waals surface area contributed by atoms with Gasteiger partial charge in [-0.15, -0.1) is 0 Å². The van der Waals surface area contributed by atoms with E-state index in [0.717, 1.165) is 105 Å². The molecule has 298 valence electrons. The summed E-state index contributed by atoms with van der Waals surface area (Å²) in [5, 5.41) is 8.93. The largest absolute Gasteiger partial charge is 0.456 e. The number of pyridine rings is 1. The monoisotopic (exact) mass is 818 g/mol. The molecule has 13 rings (SSSR count). The average Bonchev–Trinajstić information content (AvgIpc) is 3.91. The number of hydrogen-bond acceptors (Lipinski definition) is 6. The second-order valence-electron chi connectivity index (χ2n) is 16.3. The molecular formula is C58H34N4O2. The van der Waals surface area contributed by atoms with Gasteiger partial charge in [-0.3, -0.25) is 4.98 Å². The Morgan fingerprint density at radius 1 is 0.281 bits per heavy atom. The van der Waals surface area contributed by atoms with E-state index in [-0.39, 0.29) is 0 Å². The van der Waals surface area contributed by atoms with Gasteiger partial charge in [-0.05, 0) is 122 Å². The first-order chi connectivity index (χ1) is 31.6. The van der Waals surface area contributed by atoms with Gasteiger partial charge < -0.3 is 8.83 Å². The van der Waals surface area contributed by atoms with Crippen LogP contribution in [0.4, 0.5) is 0 Å². The molecule has 0 amide bonds. The topological polar surface area (TPSA) is 77.8 Å². The van der Waals surface area contributed by atoms with Crippen LogP contribution in [0.2, 0.25) is 0 Å². The molecule has 0 spiro atoms. The van der Waals surface area contributed by atoms with Crippen LogP contribution < -0.4 is 0 Å². The van der Waals surface area contributed by atoms with Crippen molar-refractivity contribution in [2.45, 2.75) is 0 Å². The van der Waals surface area contributed by atoms with Crippen molar-refractivity contribution in [3.05, 3.63) is 207 Å². The lowest BCUT2D eigenvalue weighted by Crippen LogP contribution is -2.01. The van der Waals surface area contributed by atoms with Crippen LogP contribution in [0.5, 0.6) is 0 Å². The average molecular weight is 819 g/mol. The molecule has 13 aromatic rings. The summed E-state index contributed by atoms with van der Waals surface area (Å²) in [7, 11) is 0. The van der Waals surface area contributed by atoms with Gasteiger partial charge in [0, 0.05) is 56.2 Å². The SMILES string of the molecule is c1ccc(-c2nc(-c3cc(-c4ccc5oc6cc7ccccc7cc6c5c4)cc(-c4ccc5oc6cc7ccccc7cc6c5c4)c3)nc(-c3ccccc3-c3cccnc3)n2)cc1. The summed E-state index contributed by atoms with van der Waals surface area (Å²) in [6, 6.07) is 67.5. The molecule has 0 saturated carbocycles. The van der Waals surface area contributed by atoms with E-state index in [4.69, 9.17) is 23.8 Å². The molecule has 0 radical (unpaired) electrons. The van der Waals surface area contributed by atoms with E-state index < -0.39 is 0 Å². The Labute approximate surface area is 366 Å². The first-order valence-electron chi connectivity index (χ1n) is 21.3. The Bertz CT molecular complexity index is 3790. The fraction of sp³-hybridized carbons (Fsp3) is 0. The minimum absolute atomic E-state index is 0.565. The number of nitrogens with zero attached hydrogens (tertiary/aromatic N) is 4. The van der Waals surface area contributed by atoms with Gasteiger partial charge in [-0.1, -0.05) is 121 Å². The molecule has 0 aliphatic carbocycles. The van der Waals surface area contributed by atoms with Crippen molar-refractivity contribution in [1.29, 1.82) is 0 Å². The van der Waals surface area contributed by atoms with Crippen LogP contribution in [0.25, 0.3) is 133 Å². The quantitative estimate of drug-likeness (QED) is 0.166. The molecule has 9 aromatic carbocycles. The van der Waals surface area contributed by atoms with Gasteiger partial charge >= 0.3 is 0 Å². The maximum atomic E-state index is 6.44. The summed E-state index contributed by atoms with van der Waals surface area (Å²) >= 11 is 0. The van der Waals surface area contributed by atoms with Gasteiger partial charge in [0.25, 0.3) is 0 Å². The summed E-state index contributed by atoms with van der Waals surface area (Å²) in [6.07, 6.45) is 3.66. The molecule has 4 aromatic heterocycles. The molecule has 64 heavy (non-hydrogen) atoms. The van der Waals surface area contributed by atoms with Gasteiger partial charge in [-0.2, -0.15) is 0 Å². The Morgan fingerprint density at radius 2 is 0.750 bits per heavy atom. The predicted molar refractivity (Wildman–Crippen MR) is 260 cm³/mol. The van der Waals surface area contributed by atoms with Crippen LogP contribution in [0.1, 0.15) is 0 Å². The highest BCUT2D eigenvalue weighted by molar-refractivity contribution is 6.12. The molecule has 4 heterocycles. The fourth-order valence-corrected chi connectivity index (χ4v) is 9.17. The zero-order valence-corrected chi connectivity index (χ0v) is 34.2. The third-order valence-corrected chi connectivity index (χ3v) is 12.3. The fourth-order valence-electron chi connectivity index (χ4n) is 9.17. The van der Waals surface area contributed by atoms with Crippen LogP contribution in [0, 0.1) is 0 Å². The van der Waals surface area contributed by atoms with Crippen LogP contribution in [-0.4, -0.2) is 19.9 Å². The Balaban J connectivity index is 1.04. The van der Waals surface area contributed by atoms with Gasteiger partial charge in [0.1, 0.15) is 22.3 Å². The van der Waals surface area contributed by atoms with Crippen molar-refractivity contribution in [3.8, 4) is 67.5 Å². The molecule has 0 atom stereocenters. The first kappa shape index (κ1) is 36.0. The first-order valence-corrected chi connectivity index (χ1v) is 21.3. The van der Waals surface area contributed by atoms with Crippen LogP contribution in [-0.2, 0) is 0 Å². The predicted octanol–water partition coefficient (Wildman–Crippen LogP) is 15.4. The van der Waals surface area contributed by atoms with Gasteiger partial charge in [0.2, 0.25) is 0 Å². The molecule has 0 aliphatic rings. The van der Waals surface area contributed by atoms with Gasteiger partial charge in [0.15, 0.2) is 17.5 Å². The van der Waals surface area contributed by atoms with E-state index in [0.29, 0.717) is 17.5 Å². The molecule has 0 N–H and O–H groups in total. The second-order valence-corrected chi connectivity index (χ2v) is 16.3. The lowest BCUT2D eigenvalue weighted by molar-refractivity contribution is 0.669. The number of fused-ring (bicyclic) bond motifs is 8. The van der Waals surface area contributed by atoms with E-state index in [1.54, 1.807) is 6.20 Å². The van der Waals surface area contributed by atoms with E-state index in [1.807, 2.05) is 54.7 Å². The third-order valence-electron chi connectivity index (χ3n) is 12.3. The lowest BCUT2D eigenvalue weighted by Gasteiger charge is -2.14. The van der Waals surface area contributed by atoms with E-state index in [1.165, 1.54) is 10.8 Å². The maximum absolute atomic E-state index is 6.44. The van der Waals surface area contributed by atoms with E-state index in [2.05, 4.69) is 151 Å². The Morgan fingerprint density at radius 3 is 1.33 bits per heavy atom. The second kappa shape index (κ2) is 14.4. The normalized spacial score (nSPS) is 11.8. The van der Waals surface area contributed by atoms with Crippen molar-refractivity contribution in [1.82, 2.24) is 19.9 Å². The van der Waals surface area contributed by atoms with Crippen LogP contribution in [0.15, 0.2) is 215 Å². The Hall–Kier alpha value is -8.74. The van der Waals surface area contributed by atoms with Crippen molar-refractivity contribution in [3.63, 3.8) is 0 Å². The van der Waals surface area contributed by atoms with Crippen molar-refractivity contribution in [2.75, 3.05) is 0 Å². The number of rotatable bonds is 6. The standard InChI is InChI=1S/C58H34N4O2/c1-2-11-35(12-3-1)56-60-57(62-58(61-56)47-19-9-8-18-46(47)42-17-10-24-59-34-42)45-26-43(40-20-22-52-48(30-40)50-28-36-13-4-6-15-38(36)32-54(50)63-52)25-44(27-45)41-21-23-53-49(31-41)51-29-37-14-5-7-16-39(37)33-55(51)64-53/h1-34H. The van der Waals surface area contributed by atoms with Crippen molar-refractivity contribution in [2.24, 2.45) is 0 Å². The van der Waals surface area contributed by atoms with Crippen LogP contribution in [0.3, 0.4) is 0 Å². The van der Waals surface area contributed by atoms with Gasteiger partial charge in [-0.25, -0.2) is 15.0 Å². The molecule has 0 bridgehead atoms. The molecule has 0 saturated heterocycles. The molecular weight excluding hydrogens is 785 g/mol. The minimum atomic E-state index is 0.565. The van der Waals surface area contributed by atoms with E-state index >= 15 is 0 Å². The summed E-state index contributed by atoms with van der Waals surface area (Å²) in [5.74, 6) is 1.73. The molecule has 6 heteroatoms. The smallest absolute Gasteiger partial charge is 0.164 e. The highest BCUT2D eigenvalue weighted by Gasteiger charge is 2.19. The zero-order valence-electron chi connectivity index (χ0n) is 34.2. The summed E-state index contributed by atoms with van der Waals surface area (Å²) < 4.78 is 12.9. The van der Waals surface area contributed by atoms with Gasteiger partial charge in [0.05, 0.1) is 0 Å². The lowest BCUT2D eigenvalue weighted by atomic mass is 9.94. The third kappa shape index (κ3) is 6.11. The number of hydrogen-bond donors (Lipinski definition) is 0. The van der Waals surface area contributed by atoms with Crippen molar-refractivity contribution >= 4 is 65.4 Å².